The minimum absolute atomic E-state index is 0.475. The van der Waals surface area contributed by atoms with Gasteiger partial charge >= 0.3 is 0 Å². The maximum Gasteiger partial charge on any atom is 0.135 e. The fourth-order valence-electron chi connectivity index (χ4n) is 10.9. The van der Waals surface area contributed by atoms with Crippen molar-refractivity contribution in [3.05, 3.63) is 270 Å². The molecule has 10 aromatic carbocycles. The molecule has 65 heavy (non-hydrogen) atoms. The summed E-state index contributed by atoms with van der Waals surface area (Å²) in [4.78, 5) is 2.38. The largest absolute Gasteiger partial charge is 0.456 e. The SMILES string of the molecule is C1=Cc2ccccc2C2(c3ccccc31)c1ccccc1-c1c(-c3ccc(N(c4ccc(-c5ccccc5)cc4)c4ccc5c(c4)-c4ccccc4Oc4ccccc4-5)cc3)cccc12. The van der Waals surface area contributed by atoms with E-state index in [2.05, 4.69) is 242 Å². The molecule has 2 aliphatic carbocycles. The minimum Gasteiger partial charge on any atom is -0.456 e. The van der Waals surface area contributed by atoms with Crippen LogP contribution in [0.4, 0.5) is 17.1 Å². The second kappa shape index (κ2) is 14.8. The normalized spacial score (nSPS) is 13.1. The molecule has 1 spiro atoms. The number of benzene rings is 10. The average Bonchev–Trinajstić information content (AvgIpc) is 3.48. The number of nitrogens with zero attached hydrogens (tertiary/aromatic N) is 1. The van der Waals surface area contributed by atoms with Gasteiger partial charge in [-0.15, -0.1) is 0 Å². The Morgan fingerprint density at radius 3 is 1.43 bits per heavy atom. The van der Waals surface area contributed by atoms with E-state index in [1.807, 2.05) is 12.1 Å². The number of hydrogen-bond acceptors (Lipinski definition) is 2. The lowest BCUT2D eigenvalue weighted by Gasteiger charge is -2.35. The Hall–Kier alpha value is -8.46. The van der Waals surface area contributed by atoms with Crippen LogP contribution < -0.4 is 9.64 Å². The highest BCUT2D eigenvalue weighted by atomic mass is 16.5. The molecule has 0 fully saturated rings. The predicted octanol–water partition coefficient (Wildman–Crippen LogP) is 16.8. The Kier molecular flexibility index (Phi) is 8.47. The molecule has 0 aromatic heterocycles. The van der Waals surface area contributed by atoms with Crippen molar-refractivity contribution in [1.29, 1.82) is 0 Å². The molecule has 13 rings (SSSR count). The molecule has 0 amide bonds. The second-order valence-electron chi connectivity index (χ2n) is 17.2. The molecule has 0 saturated heterocycles. The zero-order valence-corrected chi connectivity index (χ0v) is 35.5. The maximum absolute atomic E-state index is 6.58. The van der Waals surface area contributed by atoms with Crippen LogP contribution in [0.2, 0.25) is 0 Å². The third kappa shape index (κ3) is 5.74. The first-order valence-corrected chi connectivity index (χ1v) is 22.4. The molecule has 1 heterocycles. The lowest BCUT2D eigenvalue weighted by atomic mass is 9.66. The quantitative estimate of drug-likeness (QED) is 0.171. The number of para-hydroxylation sites is 2. The van der Waals surface area contributed by atoms with E-state index in [0.717, 1.165) is 50.8 Å². The number of anilines is 3. The van der Waals surface area contributed by atoms with Crippen LogP contribution in [0.1, 0.15) is 33.4 Å². The van der Waals surface area contributed by atoms with Crippen LogP contribution >= 0.6 is 0 Å². The van der Waals surface area contributed by atoms with Gasteiger partial charge in [0.15, 0.2) is 0 Å². The molecule has 0 saturated carbocycles. The van der Waals surface area contributed by atoms with E-state index in [0.29, 0.717) is 0 Å². The third-order valence-electron chi connectivity index (χ3n) is 13.7. The standard InChI is InChI=1S/C63H41NO/c1-2-15-42(16-3-1)43-31-35-47(36-32-43)64(49-39-40-51-52-19-7-12-27-60(52)65-61-28-13-8-20-53(61)55(51)41-49)48-37-33-44(34-38-48)50-22-14-26-59-62(50)54-21-6-11-25-58(54)63(59)56-23-9-4-17-45(56)29-30-46-18-5-10-24-57(46)63/h1-41H. The van der Waals surface area contributed by atoms with Crippen molar-refractivity contribution < 1.29 is 4.74 Å². The van der Waals surface area contributed by atoms with E-state index in [1.54, 1.807) is 0 Å². The highest BCUT2D eigenvalue weighted by Crippen LogP contribution is 2.60. The second-order valence-corrected chi connectivity index (χ2v) is 17.2. The van der Waals surface area contributed by atoms with Crippen molar-refractivity contribution in [2.75, 3.05) is 4.90 Å². The first kappa shape index (κ1) is 37.1. The molecule has 304 valence electrons. The summed E-state index contributed by atoms with van der Waals surface area (Å²) >= 11 is 0. The zero-order chi connectivity index (χ0) is 42.9. The van der Waals surface area contributed by atoms with Gasteiger partial charge in [-0.3, -0.25) is 0 Å². The van der Waals surface area contributed by atoms with Crippen LogP contribution in [0.3, 0.4) is 0 Å². The van der Waals surface area contributed by atoms with E-state index in [-0.39, 0.29) is 0 Å². The van der Waals surface area contributed by atoms with Gasteiger partial charge in [-0.05, 0) is 126 Å². The van der Waals surface area contributed by atoms with Crippen molar-refractivity contribution >= 4 is 29.2 Å². The van der Waals surface area contributed by atoms with Crippen LogP contribution in [0.25, 0.3) is 67.8 Å². The van der Waals surface area contributed by atoms with Crippen LogP contribution in [-0.2, 0) is 5.41 Å². The molecule has 0 N–H and O–H groups in total. The summed E-state index contributed by atoms with van der Waals surface area (Å²) in [6.07, 6.45) is 4.59. The Balaban J connectivity index is 0.977. The molecule has 0 atom stereocenters. The monoisotopic (exact) mass is 827 g/mol. The van der Waals surface area contributed by atoms with E-state index in [9.17, 15) is 0 Å². The van der Waals surface area contributed by atoms with Crippen molar-refractivity contribution in [2.24, 2.45) is 0 Å². The van der Waals surface area contributed by atoms with Crippen molar-refractivity contribution in [3.63, 3.8) is 0 Å². The van der Waals surface area contributed by atoms with Crippen LogP contribution in [0, 0.1) is 0 Å². The van der Waals surface area contributed by atoms with Crippen LogP contribution in [0.15, 0.2) is 237 Å². The van der Waals surface area contributed by atoms with Gasteiger partial charge in [-0.1, -0.05) is 200 Å². The van der Waals surface area contributed by atoms with Gasteiger partial charge < -0.3 is 9.64 Å². The fourth-order valence-corrected chi connectivity index (χ4v) is 10.9. The number of hydrogen-bond donors (Lipinski definition) is 0. The van der Waals surface area contributed by atoms with Crippen molar-refractivity contribution in [1.82, 2.24) is 0 Å². The van der Waals surface area contributed by atoms with Crippen molar-refractivity contribution in [2.45, 2.75) is 5.41 Å². The van der Waals surface area contributed by atoms with Gasteiger partial charge in [0.1, 0.15) is 11.5 Å². The first-order chi connectivity index (χ1) is 32.2. The van der Waals surface area contributed by atoms with Crippen molar-refractivity contribution in [3.8, 4) is 67.1 Å². The molecule has 0 bridgehead atoms. The highest BCUT2D eigenvalue weighted by molar-refractivity contribution is 5.98. The zero-order valence-electron chi connectivity index (χ0n) is 35.5. The summed E-state index contributed by atoms with van der Waals surface area (Å²) in [5, 5.41) is 0. The lowest BCUT2D eigenvalue weighted by Crippen LogP contribution is -2.29. The topological polar surface area (TPSA) is 12.5 Å². The molecule has 1 aliphatic heterocycles. The van der Waals surface area contributed by atoms with Gasteiger partial charge in [-0.2, -0.15) is 0 Å². The molecular weight excluding hydrogens is 787 g/mol. The van der Waals surface area contributed by atoms with Crippen LogP contribution in [0.5, 0.6) is 11.5 Å². The summed E-state index contributed by atoms with van der Waals surface area (Å²) in [6.45, 7) is 0. The van der Waals surface area contributed by atoms with E-state index in [4.69, 9.17) is 4.74 Å². The summed E-state index contributed by atoms with van der Waals surface area (Å²) in [5.74, 6) is 1.71. The smallest absolute Gasteiger partial charge is 0.135 e. The summed E-state index contributed by atoms with van der Waals surface area (Å²) in [5.41, 5.74) is 22.3. The third-order valence-corrected chi connectivity index (χ3v) is 13.7. The Bertz CT molecular complexity index is 3460. The van der Waals surface area contributed by atoms with E-state index >= 15 is 0 Å². The summed E-state index contributed by atoms with van der Waals surface area (Å²) in [7, 11) is 0. The minimum atomic E-state index is -0.475. The van der Waals surface area contributed by atoms with Gasteiger partial charge in [0.2, 0.25) is 0 Å². The summed E-state index contributed by atoms with van der Waals surface area (Å²) < 4.78 is 6.58. The van der Waals surface area contributed by atoms with Gasteiger partial charge in [0, 0.05) is 28.2 Å². The average molecular weight is 828 g/mol. The molecule has 0 radical (unpaired) electrons. The van der Waals surface area contributed by atoms with Gasteiger partial charge in [0.05, 0.1) is 5.41 Å². The van der Waals surface area contributed by atoms with Gasteiger partial charge in [0.25, 0.3) is 0 Å². The maximum atomic E-state index is 6.58. The predicted molar refractivity (Wildman–Crippen MR) is 269 cm³/mol. The molecule has 0 unspecified atom stereocenters. The van der Waals surface area contributed by atoms with E-state index < -0.39 is 5.41 Å². The number of ether oxygens (including phenoxy) is 1. The Labute approximate surface area is 379 Å². The molecule has 2 nitrogen and oxygen atoms in total. The number of fused-ring (bicyclic) bond motifs is 14. The molecule has 2 heteroatoms. The Morgan fingerprint density at radius 2 is 0.769 bits per heavy atom. The highest BCUT2D eigenvalue weighted by Gasteiger charge is 2.49. The Morgan fingerprint density at radius 1 is 0.292 bits per heavy atom. The first-order valence-electron chi connectivity index (χ1n) is 22.4. The lowest BCUT2D eigenvalue weighted by molar-refractivity contribution is 0.488. The number of rotatable bonds is 5. The summed E-state index contributed by atoms with van der Waals surface area (Å²) in [6, 6.07) is 86.2. The molecular formula is C63H41NO. The molecule has 10 aromatic rings. The van der Waals surface area contributed by atoms with E-state index in [1.165, 1.54) is 66.8 Å². The fraction of sp³-hybridized carbons (Fsp3) is 0.0159. The van der Waals surface area contributed by atoms with Crippen LogP contribution in [-0.4, -0.2) is 0 Å². The molecule has 3 aliphatic rings. The van der Waals surface area contributed by atoms with Gasteiger partial charge in [-0.25, -0.2) is 0 Å².